The summed E-state index contributed by atoms with van der Waals surface area (Å²) in [4.78, 5) is 5.21. The Hall–Kier alpha value is -5.80. The molecular weight excluding hydrogens is 591 g/mol. The van der Waals surface area contributed by atoms with Crippen LogP contribution in [-0.2, 0) is 5.41 Å². The highest BCUT2D eigenvalue weighted by molar-refractivity contribution is 6.93. The molecule has 2 nitrogen and oxygen atoms in total. The molecule has 3 aliphatic rings. The van der Waals surface area contributed by atoms with E-state index in [1.165, 1.54) is 89.4 Å². The molecule has 0 N–H and O–H groups in total. The third-order valence-corrected chi connectivity index (χ3v) is 11.0. The van der Waals surface area contributed by atoms with E-state index in [1.54, 1.807) is 0 Å². The summed E-state index contributed by atoms with van der Waals surface area (Å²) in [6.07, 6.45) is 0. The number of hydrogen-bond donors (Lipinski definition) is 0. The fraction of sp³-hybridized carbons (Fsp3) is 0.0870. The molecule has 3 heteroatoms. The number of aryl methyl sites for hydroxylation is 1. The summed E-state index contributed by atoms with van der Waals surface area (Å²) in [5, 5.41) is 0. The highest BCUT2D eigenvalue weighted by atomic mass is 15.2. The number of benzene rings is 7. The minimum Gasteiger partial charge on any atom is -0.376 e. The van der Waals surface area contributed by atoms with Crippen LogP contribution in [0.25, 0.3) is 33.4 Å². The van der Waals surface area contributed by atoms with E-state index in [4.69, 9.17) is 0 Å². The van der Waals surface area contributed by atoms with Gasteiger partial charge in [0.25, 0.3) is 0 Å². The van der Waals surface area contributed by atoms with E-state index >= 15 is 0 Å². The van der Waals surface area contributed by atoms with Gasteiger partial charge in [0, 0.05) is 33.7 Å². The molecule has 3 heterocycles. The number of fused-ring (bicyclic) bond motifs is 6. The van der Waals surface area contributed by atoms with Crippen LogP contribution >= 0.6 is 0 Å². The molecule has 0 amide bonds. The van der Waals surface area contributed by atoms with E-state index in [9.17, 15) is 0 Å². The number of rotatable bonds is 3. The van der Waals surface area contributed by atoms with Crippen molar-refractivity contribution in [1.29, 1.82) is 0 Å². The monoisotopic (exact) mass is 626 g/mol. The van der Waals surface area contributed by atoms with Crippen molar-refractivity contribution in [2.75, 3.05) is 9.71 Å². The summed E-state index contributed by atoms with van der Waals surface area (Å²) in [5.74, 6) is 0. The van der Waals surface area contributed by atoms with Gasteiger partial charge in [-0.2, -0.15) is 0 Å². The fourth-order valence-electron chi connectivity index (χ4n) is 8.83. The highest BCUT2D eigenvalue weighted by Crippen LogP contribution is 2.54. The minimum atomic E-state index is -0.145. The van der Waals surface area contributed by atoms with E-state index in [1.807, 2.05) is 0 Å². The van der Waals surface area contributed by atoms with Crippen molar-refractivity contribution in [2.45, 2.75) is 26.2 Å². The smallest absolute Gasteiger partial charge is 0.333 e. The van der Waals surface area contributed by atoms with E-state index < -0.39 is 0 Å². The average Bonchev–Trinajstić information content (AvgIpc) is 3.15. The van der Waals surface area contributed by atoms with Crippen LogP contribution in [0.3, 0.4) is 0 Å². The first kappa shape index (κ1) is 28.2. The Labute approximate surface area is 289 Å². The lowest BCUT2D eigenvalue weighted by molar-refractivity contribution is 0.632. The molecule has 3 aliphatic heterocycles. The quantitative estimate of drug-likeness (QED) is 0.180. The number of hydrogen-bond acceptors (Lipinski definition) is 2. The Morgan fingerprint density at radius 3 is 1.82 bits per heavy atom. The van der Waals surface area contributed by atoms with E-state index in [-0.39, 0.29) is 12.3 Å². The zero-order chi connectivity index (χ0) is 32.9. The molecule has 0 radical (unpaired) electrons. The molecule has 0 aromatic heterocycles. The molecule has 232 valence electrons. The molecule has 0 saturated carbocycles. The second kappa shape index (κ2) is 10.4. The number of anilines is 5. The molecule has 0 bridgehead atoms. The molecule has 0 atom stereocenters. The van der Waals surface area contributed by atoms with Crippen LogP contribution in [0.15, 0.2) is 158 Å². The first-order valence-corrected chi connectivity index (χ1v) is 17.3. The van der Waals surface area contributed by atoms with E-state index in [2.05, 4.69) is 188 Å². The van der Waals surface area contributed by atoms with Crippen LogP contribution in [-0.4, -0.2) is 6.85 Å². The lowest BCUT2D eigenvalue weighted by Crippen LogP contribution is -2.62. The van der Waals surface area contributed by atoms with Crippen molar-refractivity contribution in [3.63, 3.8) is 0 Å². The Morgan fingerprint density at radius 2 is 1.10 bits per heavy atom. The second-order valence-electron chi connectivity index (χ2n) is 14.3. The normalized spacial score (nSPS) is 14.5. The van der Waals surface area contributed by atoms with Crippen molar-refractivity contribution in [3.8, 4) is 33.4 Å². The Morgan fingerprint density at radius 1 is 0.490 bits per heavy atom. The lowest BCUT2D eigenvalue weighted by Gasteiger charge is -2.50. The van der Waals surface area contributed by atoms with Crippen LogP contribution in [0.2, 0.25) is 0 Å². The topological polar surface area (TPSA) is 6.48 Å². The number of para-hydroxylation sites is 3. The lowest BCUT2D eigenvalue weighted by atomic mass is 9.42. The van der Waals surface area contributed by atoms with Crippen LogP contribution in [0.1, 0.15) is 30.5 Å². The van der Waals surface area contributed by atoms with Crippen LogP contribution in [0.4, 0.5) is 28.4 Å². The van der Waals surface area contributed by atoms with Crippen molar-refractivity contribution >= 4 is 46.2 Å². The summed E-state index contributed by atoms with van der Waals surface area (Å²) in [7, 11) is 0. The van der Waals surface area contributed by atoms with Gasteiger partial charge in [-0.05, 0) is 98.8 Å². The maximum atomic E-state index is 2.63. The first-order valence-electron chi connectivity index (χ1n) is 17.3. The molecule has 7 aromatic rings. The van der Waals surface area contributed by atoms with Crippen LogP contribution in [0.5, 0.6) is 0 Å². The van der Waals surface area contributed by atoms with Gasteiger partial charge in [-0.25, -0.2) is 0 Å². The Balaban J connectivity index is 1.31. The highest BCUT2D eigenvalue weighted by Gasteiger charge is 2.49. The van der Waals surface area contributed by atoms with Crippen LogP contribution in [0, 0.1) is 6.92 Å². The molecule has 0 aliphatic carbocycles. The summed E-state index contributed by atoms with van der Waals surface area (Å²) in [6.45, 7) is 7.01. The SMILES string of the molecule is Cc1cc2c3c(c1)N1c4ccccc4C(C)(C)c4cccc(c41)B3N(c1cc(-c3ccccc3)cc(-c3ccccc3)c1)c1ccccc1-2. The van der Waals surface area contributed by atoms with E-state index in [0.29, 0.717) is 0 Å². The third-order valence-electron chi connectivity index (χ3n) is 11.0. The van der Waals surface area contributed by atoms with Crippen molar-refractivity contribution in [1.82, 2.24) is 0 Å². The average molecular weight is 627 g/mol. The third kappa shape index (κ3) is 4.02. The fourth-order valence-corrected chi connectivity index (χ4v) is 8.83. The molecular formula is C46H35BN2. The first-order chi connectivity index (χ1) is 24.0. The summed E-state index contributed by atoms with van der Waals surface area (Å²) in [6, 6.07) is 58.7. The summed E-state index contributed by atoms with van der Waals surface area (Å²) in [5.41, 5.74) is 20.4. The minimum absolute atomic E-state index is 0.0117. The zero-order valence-corrected chi connectivity index (χ0v) is 28.0. The van der Waals surface area contributed by atoms with Gasteiger partial charge in [0.15, 0.2) is 0 Å². The Bertz CT molecular complexity index is 2390. The van der Waals surface area contributed by atoms with Crippen molar-refractivity contribution < 1.29 is 0 Å². The second-order valence-corrected chi connectivity index (χ2v) is 14.3. The molecule has 10 rings (SSSR count). The van der Waals surface area contributed by atoms with Gasteiger partial charge in [0.2, 0.25) is 0 Å². The van der Waals surface area contributed by atoms with Gasteiger partial charge in [0.1, 0.15) is 0 Å². The maximum Gasteiger partial charge on any atom is 0.333 e. The predicted octanol–water partition coefficient (Wildman–Crippen LogP) is 10.7. The predicted molar refractivity (Wildman–Crippen MR) is 208 cm³/mol. The van der Waals surface area contributed by atoms with Gasteiger partial charge in [-0.3, -0.25) is 0 Å². The van der Waals surface area contributed by atoms with Crippen LogP contribution < -0.4 is 20.6 Å². The summed E-state index contributed by atoms with van der Waals surface area (Å²) < 4.78 is 0. The maximum absolute atomic E-state index is 2.63. The van der Waals surface area contributed by atoms with Crippen molar-refractivity contribution in [3.05, 3.63) is 174 Å². The molecule has 7 aromatic carbocycles. The number of nitrogens with zero attached hydrogens (tertiary/aromatic N) is 2. The molecule has 0 fully saturated rings. The van der Waals surface area contributed by atoms with Gasteiger partial charge >= 0.3 is 6.85 Å². The van der Waals surface area contributed by atoms with Crippen molar-refractivity contribution in [2.24, 2.45) is 0 Å². The van der Waals surface area contributed by atoms with Gasteiger partial charge in [-0.1, -0.05) is 135 Å². The Kier molecular flexibility index (Phi) is 5.96. The molecule has 0 spiro atoms. The van der Waals surface area contributed by atoms with Gasteiger partial charge in [-0.15, -0.1) is 0 Å². The molecule has 49 heavy (non-hydrogen) atoms. The van der Waals surface area contributed by atoms with E-state index in [0.717, 1.165) is 0 Å². The molecule has 0 unspecified atom stereocenters. The standard InChI is InChI=1S/C46H35BN2/c1-30-25-37-36-19-10-12-23-41(36)49(35-28-33(31-15-6-4-7-16-31)27-34(29-35)32-17-8-5-9-18-32)47-40-22-14-21-39-45(40)48(43(26-30)44(37)47)42-24-13-11-20-38(42)46(39,2)3/h4-29H,1-3H3. The summed E-state index contributed by atoms with van der Waals surface area (Å²) >= 11 is 0. The van der Waals surface area contributed by atoms with Gasteiger partial charge < -0.3 is 9.71 Å². The molecule has 0 saturated heterocycles. The zero-order valence-electron chi connectivity index (χ0n) is 28.0. The largest absolute Gasteiger partial charge is 0.376 e. The van der Waals surface area contributed by atoms with Gasteiger partial charge in [0.05, 0.1) is 5.69 Å².